The van der Waals surface area contributed by atoms with Crippen LogP contribution < -0.4 is 10.6 Å². The van der Waals surface area contributed by atoms with Crippen molar-refractivity contribution in [2.75, 3.05) is 12.4 Å². The number of hydrogen-bond donors (Lipinski definition) is 3. The van der Waals surface area contributed by atoms with E-state index in [0.717, 1.165) is 17.7 Å². The van der Waals surface area contributed by atoms with E-state index in [1.54, 1.807) is 19.2 Å². The van der Waals surface area contributed by atoms with Gasteiger partial charge in [-0.05, 0) is 31.9 Å². The molecule has 3 N–H and O–H groups in total. The van der Waals surface area contributed by atoms with Crippen molar-refractivity contribution >= 4 is 33.8 Å². The predicted molar refractivity (Wildman–Crippen MR) is 137 cm³/mol. The van der Waals surface area contributed by atoms with Crippen LogP contribution >= 0.6 is 11.3 Å². The number of dihydropyridines is 1. The summed E-state index contributed by atoms with van der Waals surface area (Å²) < 4.78 is 37.7. The number of aromatic nitrogens is 2. The summed E-state index contributed by atoms with van der Waals surface area (Å²) in [7, 11) is 1.40. The molecule has 2 aliphatic rings. The van der Waals surface area contributed by atoms with Crippen LogP contribution in [0.25, 0.3) is 5.57 Å². The molecule has 1 aliphatic heterocycles. The molecule has 8 nitrogen and oxygen atoms in total. The molecule has 4 rings (SSSR count). The summed E-state index contributed by atoms with van der Waals surface area (Å²) in [5, 5.41) is 13.7. The highest BCUT2D eigenvalue weighted by Gasteiger charge is 2.27. The second kappa shape index (κ2) is 11.3. The van der Waals surface area contributed by atoms with Crippen molar-refractivity contribution in [3.8, 4) is 11.8 Å². The average Bonchev–Trinajstić information content (AvgIpc) is 3.59. The molecule has 1 unspecified atom stereocenters. The van der Waals surface area contributed by atoms with Crippen LogP contribution in [0.2, 0.25) is 0 Å². The number of hydrogen-bond acceptors (Lipinski definition) is 8. The summed E-state index contributed by atoms with van der Waals surface area (Å²) in [5.74, 6) is 6.64. The van der Waals surface area contributed by atoms with Gasteiger partial charge in [0, 0.05) is 29.5 Å². The SMILES string of the molecule is C=C(C)OC(=N)Cc1cc(C2=CC(C(F)F)NC=C2OC)c(C(=O)Nc2ncc(C#CC3CC3)s2)cn1. The van der Waals surface area contributed by atoms with Gasteiger partial charge in [-0.1, -0.05) is 29.8 Å². The molecule has 2 aromatic rings. The maximum atomic E-state index is 13.5. The molecule has 0 saturated heterocycles. The summed E-state index contributed by atoms with van der Waals surface area (Å²) in [6.45, 7) is 5.23. The molecule has 0 bridgehead atoms. The third-order valence-electron chi connectivity index (χ3n) is 5.35. The monoisotopic (exact) mass is 525 g/mol. The van der Waals surface area contributed by atoms with Crippen molar-refractivity contribution in [1.82, 2.24) is 15.3 Å². The zero-order valence-corrected chi connectivity index (χ0v) is 21.0. The van der Waals surface area contributed by atoms with Crippen molar-refractivity contribution in [1.29, 1.82) is 5.41 Å². The Morgan fingerprint density at radius 1 is 1.38 bits per heavy atom. The number of carbonyl (C=O) groups is 1. The van der Waals surface area contributed by atoms with E-state index in [4.69, 9.17) is 14.9 Å². The normalized spacial score (nSPS) is 16.5. The lowest BCUT2D eigenvalue weighted by atomic mass is 9.94. The van der Waals surface area contributed by atoms with Gasteiger partial charge in [0.2, 0.25) is 0 Å². The molecule has 37 heavy (non-hydrogen) atoms. The van der Waals surface area contributed by atoms with Gasteiger partial charge in [0.15, 0.2) is 11.0 Å². The van der Waals surface area contributed by atoms with Crippen LogP contribution in [0, 0.1) is 23.2 Å². The number of rotatable bonds is 8. The van der Waals surface area contributed by atoms with E-state index in [0.29, 0.717) is 33.6 Å². The average molecular weight is 526 g/mol. The quantitative estimate of drug-likeness (QED) is 0.199. The minimum Gasteiger partial charge on any atom is -0.495 e. The Labute approximate surface area is 217 Å². The molecule has 2 aromatic heterocycles. The lowest BCUT2D eigenvalue weighted by Gasteiger charge is -2.24. The van der Waals surface area contributed by atoms with Gasteiger partial charge in [-0.2, -0.15) is 0 Å². The maximum absolute atomic E-state index is 13.5. The number of methoxy groups -OCH3 is 1. The summed E-state index contributed by atoms with van der Waals surface area (Å²) in [4.78, 5) is 22.6. The van der Waals surface area contributed by atoms with Crippen molar-refractivity contribution < 1.29 is 23.0 Å². The number of carbonyl (C=O) groups excluding carboxylic acids is 1. The topological polar surface area (TPSA) is 109 Å². The smallest absolute Gasteiger partial charge is 0.261 e. The van der Waals surface area contributed by atoms with Gasteiger partial charge in [0.25, 0.3) is 12.3 Å². The van der Waals surface area contributed by atoms with Gasteiger partial charge in [0.05, 0.1) is 41.6 Å². The molecule has 1 saturated carbocycles. The molecule has 1 atom stereocenters. The molecule has 0 radical (unpaired) electrons. The van der Waals surface area contributed by atoms with E-state index >= 15 is 0 Å². The zero-order valence-electron chi connectivity index (χ0n) is 20.2. The number of nitrogens with one attached hydrogen (secondary N) is 3. The van der Waals surface area contributed by atoms with Crippen molar-refractivity contribution in [3.05, 3.63) is 70.5 Å². The van der Waals surface area contributed by atoms with E-state index < -0.39 is 18.4 Å². The standard InChI is InChI=1S/C26H25F2N5O3S/c1-14(2)36-23(29)9-16-8-18(19-10-21(24(27)28)31-13-22(19)35-3)20(12-30-16)25(34)33-26-32-11-17(37-26)7-6-15-4-5-15/h8,10-13,15,21,24,29,31H,1,4-5,9H2,2-3H3,(H,32,33,34). The largest absolute Gasteiger partial charge is 0.495 e. The molecule has 1 amide bonds. The molecular weight excluding hydrogens is 500 g/mol. The first-order valence-electron chi connectivity index (χ1n) is 11.4. The van der Waals surface area contributed by atoms with Gasteiger partial charge < -0.3 is 14.8 Å². The summed E-state index contributed by atoms with van der Waals surface area (Å²) in [5.41, 5.74) is 1.13. The first-order valence-corrected chi connectivity index (χ1v) is 12.2. The van der Waals surface area contributed by atoms with Crippen molar-refractivity contribution in [2.24, 2.45) is 5.92 Å². The van der Waals surface area contributed by atoms with Crippen LogP contribution in [0.5, 0.6) is 0 Å². The van der Waals surface area contributed by atoms with Gasteiger partial charge in [-0.25, -0.2) is 13.8 Å². The van der Waals surface area contributed by atoms with Crippen LogP contribution in [-0.4, -0.2) is 41.3 Å². The second-order valence-electron chi connectivity index (χ2n) is 8.47. The second-order valence-corrected chi connectivity index (χ2v) is 9.50. The lowest BCUT2D eigenvalue weighted by molar-refractivity contribution is 0.102. The Hall–Kier alpha value is -4.04. The molecule has 11 heteroatoms. The van der Waals surface area contributed by atoms with Crippen molar-refractivity contribution in [2.45, 2.75) is 38.7 Å². The summed E-state index contributed by atoms with van der Waals surface area (Å²) >= 11 is 1.24. The van der Waals surface area contributed by atoms with E-state index in [1.165, 1.54) is 36.9 Å². The number of amides is 1. The lowest BCUT2D eigenvalue weighted by Crippen LogP contribution is -2.33. The number of ether oxygens (including phenoxy) is 2. The highest BCUT2D eigenvalue weighted by atomic mass is 32.1. The molecule has 0 spiro atoms. The third kappa shape index (κ3) is 6.80. The van der Waals surface area contributed by atoms with Crippen molar-refractivity contribution in [3.63, 3.8) is 0 Å². The minimum atomic E-state index is -2.69. The Bertz CT molecular complexity index is 1350. The summed E-state index contributed by atoms with van der Waals surface area (Å²) in [6, 6.07) is 0.282. The highest BCUT2D eigenvalue weighted by molar-refractivity contribution is 7.16. The number of allylic oxidation sites excluding steroid dienone is 2. The Balaban J connectivity index is 1.67. The Morgan fingerprint density at radius 2 is 2.16 bits per heavy atom. The fourth-order valence-electron chi connectivity index (χ4n) is 3.46. The highest BCUT2D eigenvalue weighted by Crippen LogP contribution is 2.32. The van der Waals surface area contributed by atoms with Crippen LogP contribution in [0.4, 0.5) is 13.9 Å². The number of pyridine rings is 1. The number of anilines is 1. The van der Waals surface area contributed by atoms with Gasteiger partial charge in [-0.15, -0.1) is 0 Å². The molecule has 3 heterocycles. The predicted octanol–water partition coefficient (Wildman–Crippen LogP) is 4.73. The number of thiazole rings is 1. The first-order chi connectivity index (χ1) is 17.7. The minimum absolute atomic E-state index is 0.00704. The van der Waals surface area contributed by atoms with Gasteiger partial charge >= 0.3 is 0 Å². The number of nitrogens with zero attached hydrogens (tertiary/aromatic N) is 2. The Kier molecular flexibility index (Phi) is 7.98. The maximum Gasteiger partial charge on any atom is 0.261 e. The number of halogens is 2. The fraction of sp³-hybridized carbons (Fsp3) is 0.308. The van der Waals surface area contributed by atoms with Gasteiger partial charge in [0.1, 0.15) is 11.8 Å². The first kappa shape index (κ1) is 26.0. The molecule has 0 aromatic carbocycles. The van der Waals surface area contributed by atoms with E-state index in [9.17, 15) is 13.6 Å². The molecular formula is C26H25F2N5O3S. The molecule has 192 valence electrons. The number of alkyl halides is 2. The fourth-order valence-corrected chi connectivity index (χ4v) is 4.13. The molecule has 1 aliphatic carbocycles. The van der Waals surface area contributed by atoms with Gasteiger partial charge in [-0.3, -0.25) is 20.5 Å². The van der Waals surface area contributed by atoms with E-state index in [-0.39, 0.29) is 23.6 Å². The van der Waals surface area contributed by atoms with Crippen LogP contribution in [0.1, 0.15) is 46.3 Å². The Morgan fingerprint density at radius 3 is 2.84 bits per heavy atom. The van der Waals surface area contributed by atoms with E-state index in [2.05, 4.69) is 39.0 Å². The molecule has 1 fully saturated rings. The van der Waals surface area contributed by atoms with Crippen LogP contribution in [0.15, 0.2) is 48.8 Å². The van der Waals surface area contributed by atoms with Crippen LogP contribution in [-0.2, 0) is 15.9 Å². The summed E-state index contributed by atoms with van der Waals surface area (Å²) in [6.07, 6.45) is 5.11. The zero-order chi connectivity index (χ0) is 26.5. The van der Waals surface area contributed by atoms with Crippen LogP contribution in [0.3, 0.4) is 0 Å². The third-order valence-corrected chi connectivity index (χ3v) is 6.18. The van der Waals surface area contributed by atoms with E-state index in [1.807, 2.05) is 0 Å².